The number of halogens is 5. The minimum atomic E-state index is -4.73. The van der Waals surface area contributed by atoms with E-state index in [1.807, 2.05) is 13.8 Å². The molecule has 1 aromatic heterocycles. The lowest BCUT2D eigenvalue weighted by Gasteiger charge is -2.19. The molecule has 0 saturated heterocycles. The van der Waals surface area contributed by atoms with Gasteiger partial charge in [-0.2, -0.15) is 18.3 Å². The fourth-order valence-electron chi connectivity index (χ4n) is 4.38. The predicted octanol–water partition coefficient (Wildman–Crippen LogP) is 6.35. The SMILES string of the molecule is CCOC(=O)c1cc(NC(=O)C2(c3ccc(C(F)(F)F)cc3F)CC2)cc(F)c1-c1cnn(CC(C)C)c1. The summed E-state index contributed by atoms with van der Waals surface area (Å²) in [6.07, 6.45) is -1.31. The summed E-state index contributed by atoms with van der Waals surface area (Å²) in [6, 6.07) is 4.31. The van der Waals surface area contributed by atoms with Gasteiger partial charge in [-0.15, -0.1) is 0 Å². The van der Waals surface area contributed by atoms with Crippen LogP contribution in [0.1, 0.15) is 55.1 Å². The van der Waals surface area contributed by atoms with Crippen LogP contribution in [0, 0.1) is 17.6 Å². The molecule has 0 radical (unpaired) electrons. The first-order valence-electron chi connectivity index (χ1n) is 12.1. The molecule has 1 aliphatic carbocycles. The summed E-state index contributed by atoms with van der Waals surface area (Å²) in [5, 5.41) is 6.72. The first-order valence-corrected chi connectivity index (χ1v) is 12.1. The van der Waals surface area contributed by atoms with Crippen LogP contribution in [0.4, 0.5) is 27.6 Å². The Hall–Kier alpha value is -3.76. The van der Waals surface area contributed by atoms with E-state index in [4.69, 9.17) is 4.74 Å². The van der Waals surface area contributed by atoms with Gasteiger partial charge in [-0.05, 0) is 49.9 Å². The zero-order chi connectivity index (χ0) is 27.8. The second kappa shape index (κ2) is 10.2. The number of anilines is 1. The summed E-state index contributed by atoms with van der Waals surface area (Å²) in [5.41, 5.74) is -2.66. The fourth-order valence-corrected chi connectivity index (χ4v) is 4.38. The zero-order valence-electron chi connectivity index (χ0n) is 21.0. The van der Waals surface area contributed by atoms with Crippen molar-refractivity contribution in [1.29, 1.82) is 0 Å². The van der Waals surface area contributed by atoms with Crippen molar-refractivity contribution in [2.24, 2.45) is 5.92 Å². The molecule has 3 aromatic rings. The molecule has 0 unspecified atom stereocenters. The number of amides is 1. The quantitative estimate of drug-likeness (QED) is 0.270. The van der Waals surface area contributed by atoms with Gasteiger partial charge in [0, 0.05) is 35.1 Å². The summed E-state index contributed by atoms with van der Waals surface area (Å²) in [6.45, 7) is 6.18. The number of rotatable bonds is 8. The van der Waals surface area contributed by atoms with Crippen LogP contribution in [0.2, 0.25) is 0 Å². The maximum absolute atomic E-state index is 15.4. The number of benzene rings is 2. The number of carbonyl (C=O) groups excluding carboxylic acids is 2. The van der Waals surface area contributed by atoms with Crippen LogP contribution in [0.3, 0.4) is 0 Å². The molecule has 1 saturated carbocycles. The number of nitrogens with one attached hydrogen (secondary N) is 1. The molecule has 0 spiro atoms. The van der Waals surface area contributed by atoms with Crippen LogP contribution in [0.25, 0.3) is 11.1 Å². The molecule has 1 amide bonds. The number of hydrogen-bond donors (Lipinski definition) is 1. The highest BCUT2D eigenvalue weighted by Crippen LogP contribution is 2.50. The van der Waals surface area contributed by atoms with Crippen LogP contribution in [0.5, 0.6) is 0 Å². The van der Waals surface area contributed by atoms with Gasteiger partial charge < -0.3 is 10.1 Å². The Kier molecular flexibility index (Phi) is 7.31. The lowest BCUT2D eigenvalue weighted by Crippen LogP contribution is -2.29. The Balaban J connectivity index is 1.66. The Morgan fingerprint density at radius 1 is 1.13 bits per heavy atom. The molecule has 1 heterocycles. The third kappa shape index (κ3) is 5.41. The lowest BCUT2D eigenvalue weighted by molar-refractivity contribution is -0.137. The summed E-state index contributed by atoms with van der Waals surface area (Å²) >= 11 is 0. The molecule has 0 atom stereocenters. The standard InChI is InChI=1S/C27H26F5N3O3/c1-4-38-24(36)19-10-18(11-22(29)23(19)16-12-33-35(14-16)13-15(2)3)34-25(37)26(7-8-26)20-6-5-17(9-21(20)28)27(30,31)32/h5-6,9-12,14-15H,4,7-8,13H2,1-3H3,(H,34,37). The number of ether oxygens (including phenoxy) is 1. The zero-order valence-corrected chi connectivity index (χ0v) is 21.0. The number of carbonyl (C=O) groups is 2. The van der Waals surface area contributed by atoms with Gasteiger partial charge in [-0.1, -0.05) is 19.9 Å². The Morgan fingerprint density at radius 3 is 2.42 bits per heavy atom. The Labute approximate surface area is 215 Å². The summed E-state index contributed by atoms with van der Waals surface area (Å²) in [5.74, 6) is -3.23. The van der Waals surface area contributed by atoms with Gasteiger partial charge in [-0.3, -0.25) is 9.48 Å². The first-order chi connectivity index (χ1) is 17.9. The molecule has 0 aliphatic heterocycles. The second-order valence-electron chi connectivity index (χ2n) is 9.67. The molecular weight excluding hydrogens is 509 g/mol. The smallest absolute Gasteiger partial charge is 0.416 e. The maximum Gasteiger partial charge on any atom is 0.416 e. The van der Waals surface area contributed by atoms with Crippen molar-refractivity contribution in [1.82, 2.24) is 9.78 Å². The molecule has 11 heteroatoms. The van der Waals surface area contributed by atoms with Crippen molar-refractivity contribution in [3.63, 3.8) is 0 Å². The van der Waals surface area contributed by atoms with E-state index < -0.39 is 40.7 Å². The number of aromatic nitrogens is 2. The van der Waals surface area contributed by atoms with Gasteiger partial charge in [0.25, 0.3) is 0 Å². The minimum Gasteiger partial charge on any atom is -0.462 e. The highest BCUT2D eigenvalue weighted by Gasteiger charge is 2.53. The second-order valence-corrected chi connectivity index (χ2v) is 9.67. The van der Waals surface area contributed by atoms with Crippen LogP contribution < -0.4 is 5.32 Å². The highest BCUT2D eigenvalue weighted by atomic mass is 19.4. The van der Waals surface area contributed by atoms with Crippen molar-refractivity contribution in [2.75, 3.05) is 11.9 Å². The highest BCUT2D eigenvalue weighted by molar-refractivity contribution is 6.04. The Bertz CT molecular complexity index is 1380. The van der Waals surface area contributed by atoms with Crippen LogP contribution in [-0.4, -0.2) is 28.3 Å². The summed E-state index contributed by atoms with van der Waals surface area (Å²) in [7, 11) is 0. The van der Waals surface area contributed by atoms with E-state index >= 15 is 4.39 Å². The topological polar surface area (TPSA) is 73.2 Å². The molecule has 2 aromatic carbocycles. The molecule has 6 nitrogen and oxygen atoms in total. The molecular formula is C27H26F5N3O3. The van der Waals surface area contributed by atoms with Gasteiger partial charge in [0.2, 0.25) is 5.91 Å². The van der Waals surface area contributed by atoms with E-state index in [0.29, 0.717) is 18.2 Å². The minimum absolute atomic E-state index is 0.0272. The molecule has 0 bridgehead atoms. The van der Waals surface area contributed by atoms with Crippen molar-refractivity contribution in [3.05, 3.63) is 71.1 Å². The van der Waals surface area contributed by atoms with E-state index in [1.54, 1.807) is 17.8 Å². The first kappa shape index (κ1) is 27.3. The fraction of sp³-hybridized carbons (Fsp3) is 0.370. The molecule has 4 rings (SSSR count). The summed E-state index contributed by atoms with van der Waals surface area (Å²) in [4.78, 5) is 25.9. The molecule has 1 N–H and O–H groups in total. The Morgan fingerprint density at radius 2 is 1.84 bits per heavy atom. The van der Waals surface area contributed by atoms with Crippen molar-refractivity contribution in [3.8, 4) is 11.1 Å². The number of hydrogen-bond acceptors (Lipinski definition) is 4. The largest absolute Gasteiger partial charge is 0.462 e. The van der Waals surface area contributed by atoms with E-state index in [0.717, 1.165) is 18.2 Å². The van der Waals surface area contributed by atoms with Gasteiger partial charge >= 0.3 is 12.1 Å². The molecule has 38 heavy (non-hydrogen) atoms. The van der Waals surface area contributed by atoms with Crippen LogP contribution in [0.15, 0.2) is 42.7 Å². The third-order valence-electron chi connectivity index (χ3n) is 6.31. The number of alkyl halides is 3. The average Bonchev–Trinajstić information content (AvgIpc) is 3.51. The summed E-state index contributed by atoms with van der Waals surface area (Å²) < 4.78 is 75.6. The van der Waals surface area contributed by atoms with Gasteiger partial charge in [0.1, 0.15) is 11.6 Å². The predicted molar refractivity (Wildman–Crippen MR) is 129 cm³/mol. The van der Waals surface area contributed by atoms with E-state index in [-0.39, 0.29) is 47.7 Å². The average molecular weight is 536 g/mol. The molecule has 1 aliphatic rings. The molecule has 202 valence electrons. The van der Waals surface area contributed by atoms with Crippen molar-refractivity contribution in [2.45, 2.75) is 51.7 Å². The van der Waals surface area contributed by atoms with Crippen LogP contribution >= 0.6 is 0 Å². The van der Waals surface area contributed by atoms with Crippen LogP contribution in [-0.2, 0) is 27.7 Å². The van der Waals surface area contributed by atoms with Crippen molar-refractivity contribution < 1.29 is 36.3 Å². The van der Waals surface area contributed by atoms with Crippen molar-refractivity contribution >= 4 is 17.6 Å². The number of nitrogens with zero attached hydrogens (tertiary/aromatic N) is 2. The van der Waals surface area contributed by atoms with Gasteiger partial charge in [-0.25, -0.2) is 13.6 Å². The van der Waals surface area contributed by atoms with E-state index in [9.17, 15) is 27.2 Å². The van der Waals surface area contributed by atoms with E-state index in [2.05, 4.69) is 10.4 Å². The maximum atomic E-state index is 15.4. The van der Waals surface area contributed by atoms with Gasteiger partial charge in [0.15, 0.2) is 0 Å². The van der Waals surface area contributed by atoms with Gasteiger partial charge in [0.05, 0.1) is 29.3 Å². The number of esters is 1. The lowest BCUT2D eigenvalue weighted by atomic mass is 9.93. The third-order valence-corrected chi connectivity index (χ3v) is 6.31. The normalized spacial score (nSPS) is 14.4. The monoisotopic (exact) mass is 535 g/mol. The van der Waals surface area contributed by atoms with E-state index in [1.165, 1.54) is 12.3 Å². The molecule has 1 fully saturated rings.